The highest BCUT2D eigenvalue weighted by molar-refractivity contribution is 5.90. The predicted octanol–water partition coefficient (Wildman–Crippen LogP) is 4.88. The number of aryl methyl sites for hydroxylation is 1. The lowest BCUT2D eigenvalue weighted by molar-refractivity contribution is -0.136. The molecule has 0 radical (unpaired) electrons. The number of nitrogens with zero attached hydrogens (tertiary/aromatic N) is 2. The van der Waals surface area contributed by atoms with Crippen molar-refractivity contribution in [1.29, 1.82) is 0 Å². The maximum absolute atomic E-state index is 12.4. The van der Waals surface area contributed by atoms with Crippen LogP contribution in [0.1, 0.15) is 51.0 Å². The van der Waals surface area contributed by atoms with Gasteiger partial charge in [0, 0.05) is 25.6 Å². The molecular formula is C23H31N3O3. The maximum atomic E-state index is 12.4. The van der Waals surface area contributed by atoms with Crippen molar-refractivity contribution >= 4 is 17.8 Å². The molecule has 0 fully saturated rings. The van der Waals surface area contributed by atoms with Crippen molar-refractivity contribution in [2.45, 2.75) is 51.9 Å². The minimum Gasteiger partial charge on any atom is -0.481 e. The van der Waals surface area contributed by atoms with Gasteiger partial charge in [0.05, 0.1) is 5.69 Å². The first-order chi connectivity index (χ1) is 14.0. The SMILES string of the molecule is CCCCCCCNC(=O)N(C)c1cccc(-c2ccc(CCC(=O)O)cc2)n1. The zero-order chi connectivity index (χ0) is 21.1. The molecular weight excluding hydrogens is 366 g/mol. The molecule has 0 bridgehead atoms. The van der Waals surface area contributed by atoms with Crippen LogP contribution in [-0.4, -0.2) is 35.7 Å². The van der Waals surface area contributed by atoms with Gasteiger partial charge in [-0.25, -0.2) is 9.78 Å². The maximum Gasteiger partial charge on any atom is 0.322 e. The van der Waals surface area contributed by atoms with Crippen molar-refractivity contribution in [2.75, 3.05) is 18.5 Å². The summed E-state index contributed by atoms with van der Waals surface area (Å²) in [5.41, 5.74) is 2.67. The van der Waals surface area contributed by atoms with E-state index in [0.717, 1.165) is 29.7 Å². The number of unbranched alkanes of at least 4 members (excludes halogenated alkanes) is 4. The largest absolute Gasteiger partial charge is 0.481 e. The second-order valence-electron chi connectivity index (χ2n) is 7.18. The topological polar surface area (TPSA) is 82.5 Å². The van der Waals surface area contributed by atoms with Gasteiger partial charge in [0.1, 0.15) is 5.82 Å². The van der Waals surface area contributed by atoms with E-state index in [1.54, 1.807) is 7.05 Å². The van der Waals surface area contributed by atoms with Gasteiger partial charge in [0.2, 0.25) is 0 Å². The van der Waals surface area contributed by atoms with Crippen LogP contribution in [0, 0.1) is 0 Å². The highest BCUT2D eigenvalue weighted by Gasteiger charge is 2.12. The van der Waals surface area contributed by atoms with Crippen molar-refractivity contribution < 1.29 is 14.7 Å². The standard InChI is InChI=1S/C23H31N3O3/c1-3-4-5-6-7-17-24-23(29)26(2)21-10-8-9-20(25-21)19-14-11-18(12-15-19)13-16-22(27)28/h8-12,14-15H,3-7,13,16-17H2,1-2H3,(H,24,29)(H,27,28). The van der Waals surface area contributed by atoms with E-state index in [0.29, 0.717) is 18.8 Å². The van der Waals surface area contributed by atoms with Crippen LogP contribution in [0.25, 0.3) is 11.3 Å². The van der Waals surface area contributed by atoms with Crippen molar-refractivity contribution in [2.24, 2.45) is 0 Å². The zero-order valence-electron chi connectivity index (χ0n) is 17.4. The van der Waals surface area contributed by atoms with Gasteiger partial charge in [-0.2, -0.15) is 0 Å². The lowest BCUT2D eigenvalue weighted by Crippen LogP contribution is -2.38. The van der Waals surface area contributed by atoms with Crippen LogP contribution in [0.4, 0.5) is 10.6 Å². The Hall–Kier alpha value is -2.89. The summed E-state index contributed by atoms with van der Waals surface area (Å²) in [5, 5.41) is 11.7. The van der Waals surface area contributed by atoms with E-state index < -0.39 is 5.97 Å². The first-order valence-corrected chi connectivity index (χ1v) is 10.3. The third-order valence-electron chi connectivity index (χ3n) is 4.82. The van der Waals surface area contributed by atoms with E-state index in [4.69, 9.17) is 5.11 Å². The first kappa shape index (κ1) is 22.4. The van der Waals surface area contributed by atoms with E-state index in [9.17, 15) is 9.59 Å². The van der Waals surface area contributed by atoms with Gasteiger partial charge in [-0.05, 0) is 30.5 Å². The van der Waals surface area contributed by atoms with Crippen molar-refractivity contribution in [1.82, 2.24) is 10.3 Å². The highest BCUT2D eigenvalue weighted by Crippen LogP contribution is 2.21. The van der Waals surface area contributed by atoms with Crippen molar-refractivity contribution in [3.63, 3.8) is 0 Å². The molecule has 0 unspecified atom stereocenters. The molecule has 6 heteroatoms. The lowest BCUT2D eigenvalue weighted by Gasteiger charge is -2.18. The van der Waals surface area contributed by atoms with Gasteiger partial charge >= 0.3 is 12.0 Å². The molecule has 0 atom stereocenters. The number of urea groups is 1. The van der Waals surface area contributed by atoms with E-state index in [1.807, 2.05) is 42.5 Å². The average Bonchev–Trinajstić information content (AvgIpc) is 2.74. The van der Waals surface area contributed by atoms with Crippen molar-refractivity contribution in [3.05, 3.63) is 48.0 Å². The van der Waals surface area contributed by atoms with E-state index in [2.05, 4.69) is 17.2 Å². The number of rotatable bonds is 11. The Balaban J connectivity index is 1.94. The number of carboxylic acid groups (broad SMARTS) is 1. The molecule has 0 aliphatic carbocycles. The summed E-state index contributed by atoms with van der Waals surface area (Å²) in [7, 11) is 1.72. The van der Waals surface area contributed by atoms with Gasteiger partial charge in [-0.15, -0.1) is 0 Å². The number of nitrogens with one attached hydrogen (secondary N) is 1. The van der Waals surface area contributed by atoms with Gasteiger partial charge in [-0.1, -0.05) is 62.9 Å². The molecule has 1 aromatic carbocycles. The number of aliphatic carboxylic acids is 1. The molecule has 0 aliphatic heterocycles. The van der Waals surface area contributed by atoms with Crippen LogP contribution in [0.5, 0.6) is 0 Å². The monoisotopic (exact) mass is 397 g/mol. The van der Waals surface area contributed by atoms with Crippen LogP contribution < -0.4 is 10.2 Å². The molecule has 156 valence electrons. The Morgan fingerprint density at radius 1 is 1.03 bits per heavy atom. The van der Waals surface area contributed by atoms with E-state index >= 15 is 0 Å². The number of anilines is 1. The number of carbonyl (C=O) groups excluding carboxylic acids is 1. The smallest absolute Gasteiger partial charge is 0.322 e. The number of aromatic nitrogens is 1. The molecule has 0 saturated heterocycles. The van der Waals surface area contributed by atoms with Crippen LogP contribution in [0.2, 0.25) is 0 Å². The fourth-order valence-electron chi connectivity index (χ4n) is 3.01. The first-order valence-electron chi connectivity index (χ1n) is 10.3. The molecule has 6 nitrogen and oxygen atoms in total. The number of amides is 2. The van der Waals surface area contributed by atoms with Gasteiger partial charge < -0.3 is 10.4 Å². The molecule has 2 amide bonds. The summed E-state index contributed by atoms with van der Waals surface area (Å²) < 4.78 is 0. The van der Waals surface area contributed by atoms with Crippen LogP contribution in [0.3, 0.4) is 0 Å². The molecule has 2 N–H and O–H groups in total. The molecule has 1 aromatic heterocycles. The van der Waals surface area contributed by atoms with Crippen molar-refractivity contribution in [3.8, 4) is 11.3 Å². The number of carboxylic acids is 1. The Morgan fingerprint density at radius 3 is 2.45 bits per heavy atom. The number of hydrogen-bond donors (Lipinski definition) is 2. The summed E-state index contributed by atoms with van der Waals surface area (Å²) in [6, 6.07) is 13.1. The van der Waals surface area contributed by atoms with Crippen LogP contribution in [0.15, 0.2) is 42.5 Å². The fraction of sp³-hybridized carbons (Fsp3) is 0.435. The summed E-state index contributed by atoms with van der Waals surface area (Å²) in [6.07, 6.45) is 6.40. The molecule has 1 heterocycles. The predicted molar refractivity (Wildman–Crippen MR) is 116 cm³/mol. The number of benzene rings is 1. The lowest BCUT2D eigenvalue weighted by atomic mass is 10.1. The Kier molecular flexibility index (Phi) is 9.15. The van der Waals surface area contributed by atoms with Crippen LogP contribution >= 0.6 is 0 Å². The Labute approximate surface area is 173 Å². The normalized spacial score (nSPS) is 10.6. The Morgan fingerprint density at radius 2 is 1.76 bits per heavy atom. The minimum absolute atomic E-state index is 0.117. The third-order valence-corrected chi connectivity index (χ3v) is 4.82. The summed E-state index contributed by atoms with van der Waals surface area (Å²) >= 11 is 0. The number of pyridine rings is 1. The second-order valence-corrected chi connectivity index (χ2v) is 7.18. The van der Waals surface area contributed by atoms with Gasteiger partial charge in [0.25, 0.3) is 0 Å². The summed E-state index contributed by atoms with van der Waals surface area (Å²) in [4.78, 5) is 29.2. The van der Waals surface area contributed by atoms with E-state index in [1.165, 1.54) is 24.2 Å². The number of hydrogen-bond acceptors (Lipinski definition) is 3. The zero-order valence-corrected chi connectivity index (χ0v) is 17.4. The molecule has 2 rings (SSSR count). The number of carbonyl (C=O) groups is 2. The minimum atomic E-state index is -0.800. The van der Waals surface area contributed by atoms with Gasteiger partial charge in [-0.3, -0.25) is 9.69 Å². The van der Waals surface area contributed by atoms with Gasteiger partial charge in [0.15, 0.2) is 0 Å². The second kappa shape index (κ2) is 11.8. The van der Waals surface area contributed by atoms with Crippen LogP contribution in [-0.2, 0) is 11.2 Å². The summed E-state index contributed by atoms with van der Waals surface area (Å²) in [6.45, 7) is 2.86. The molecule has 0 spiro atoms. The molecule has 0 saturated carbocycles. The molecule has 2 aromatic rings. The fourth-order valence-corrected chi connectivity index (χ4v) is 3.01. The third kappa shape index (κ3) is 7.56. The highest BCUT2D eigenvalue weighted by atomic mass is 16.4. The molecule has 0 aliphatic rings. The summed E-state index contributed by atoms with van der Waals surface area (Å²) in [5.74, 6) is -0.216. The Bertz CT molecular complexity index is 790. The average molecular weight is 398 g/mol. The van der Waals surface area contributed by atoms with E-state index in [-0.39, 0.29) is 12.5 Å². The quantitative estimate of drug-likeness (QED) is 0.529. The molecule has 29 heavy (non-hydrogen) atoms.